The van der Waals surface area contributed by atoms with E-state index in [-0.39, 0.29) is 18.2 Å². The number of rotatable bonds is 6. The number of hydrogen-bond acceptors (Lipinski definition) is 3. The molecule has 2 heterocycles. The summed E-state index contributed by atoms with van der Waals surface area (Å²) in [5.74, 6) is -1.06. The molecule has 1 aromatic heterocycles. The van der Waals surface area contributed by atoms with Crippen LogP contribution in [0.15, 0.2) is 109 Å². The molecule has 7 nitrogen and oxygen atoms in total. The molecule has 0 aliphatic carbocycles. The van der Waals surface area contributed by atoms with Gasteiger partial charge in [0.2, 0.25) is 5.91 Å². The Bertz CT molecular complexity index is 1710. The second-order valence-corrected chi connectivity index (χ2v) is 9.90. The van der Waals surface area contributed by atoms with Crippen molar-refractivity contribution < 1.29 is 14.4 Å². The summed E-state index contributed by atoms with van der Waals surface area (Å²) in [5, 5.41) is 0.977. The van der Waals surface area contributed by atoms with Gasteiger partial charge >= 0.3 is 0 Å². The maximum Gasteiger partial charge on any atom is 0.260 e. The van der Waals surface area contributed by atoms with E-state index in [9.17, 15) is 14.4 Å². The molecule has 0 radical (unpaired) electrons. The van der Waals surface area contributed by atoms with Crippen molar-refractivity contribution in [2.24, 2.45) is 0 Å². The fourth-order valence-electron chi connectivity index (χ4n) is 5.50. The summed E-state index contributed by atoms with van der Waals surface area (Å²) in [6.07, 6.45) is 0.127. The van der Waals surface area contributed by atoms with Crippen LogP contribution >= 0.6 is 0 Å². The van der Waals surface area contributed by atoms with Gasteiger partial charge in [0.1, 0.15) is 6.04 Å². The molecule has 0 fully saturated rings. The number of benzene rings is 4. The molecular weight excluding hydrogens is 500 g/mol. The molecule has 5 aromatic rings. The number of aromatic amines is 1. The van der Waals surface area contributed by atoms with Crippen LogP contribution in [-0.4, -0.2) is 33.6 Å². The summed E-state index contributed by atoms with van der Waals surface area (Å²) in [6.45, 7) is 1.69. The lowest BCUT2D eigenvalue weighted by atomic mass is 9.92. The van der Waals surface area contributed by atoms with Crippen LogP contribution < -0.4 is 10.9 Å². The number of H-pyrrole nitrogens is 1. The van der Waals surface area contributed by atoms with Crippen LogP contribution in [0.2, 0.25) is 0 Å². The van der Waals surface area contributed by atoms with Crippen molar-refractivity contribution in [2.45, 2.75) is 25.4 Å². The molecule has 0 saturated heterocycles. The minimum atomic E-state index is -0.876. The van der Waals surface area contributed by atoms with Crippen LogP contribution in [-0.2, 0) is 16.0 Å². The second kappa shape index (κ2) is 10.5. The zero-order valence-electron chi connectivity index (χ0n) is 21.9. The quantitative estimate of drug-likeness (QED) is 0.266. The van der Waals surface area contributed by atoms with E-state index in [2.05, 4.69) is 15.8 Å². The van der Waals surface area contributed by atoms with Crippen LogP contribution in [0.5, 0.6) is 0 Å². The Morgan fingerprint density at radius 3 is 2.25 bits per heavy atom. The van der Waals surface area contributed by atoms with Crippen LogP contribution in [0.1, 0.15) is 40.0 Å². The number of aromatic nitrogens is 1. The lowest BCUT2D eigenvalue weighted by Crippen LogP contribution is -2.52. The number of amides is 3. The fraction of sp³-hybridized carbons (Fsp3) is 0.121. The van der Waals surface area contributed by atoms with Gasteiger partial charge in [0.15, 0.2) is 0 Å². The predicted molar refractivity (Wildman–Crippen MR) is 154 cm³/mol. The number of para-hydroxylation sites is 1. The first-order valence-electron chi connectivity index (χ1n) is 13.2. The molecule has 2 unspecified atom stereocenters. The maximum absolute atomic E-state index is 13.9. The van der Waals surface area contributed by atoms with E-state index in [0.29, 0.717) is 5.56 Å². The Balaban J connectivity index is 1.36. The van der Waals surface area contributed by atoms with Crippen molar-refractivity contribution in [3.8, 4) is 11.3 Å². The third-order valence-electron chi connectivity index (χ3n) is 7.41. The molecule has 0 bridgehead atoms. The van der Waals surface area contributed by atoms with Crippen LogP contribution in [0.25, 0.3) is 22.2 Å². The summed E-state index contributed by atoms with van der Waals surface area (Å²) in [4.78, 5) is 44.9. The van der Waals surface area contributed by atoms with E-state index >= 15 is 0 Å². The molecule has 6 rings (SSSR count). The van der Waals surface area contributed by atoms with Crippen molar-refractivity contribution in [2.75, 3.05) is 0 Å². The van der Waals surface area contributed by atoms with E-state index in [1.807, 2.05) is 103 Å². The van der Waals surface area contributed by atoms with E-state index in [4.69, 9.17) is 0 Å². The predicted octanol–water partition coefficient (Wildman–Crippen LogP) is 5.16. The van der Waals surface area contributed by atoms with Gasteiger partial charge in [-0.2, -0.15) is 0 Å². The van der Waals surface area contributed by atoms with Gasteiger partial charge in [-0.3, -0.25) is 25.2 Å². The molecule has 7 heteroatoms. The molecule has 3 amide bonds. The van der Waals surface area contributed by atoms with Crippen molar-refractivity contribution in [3.63, 3.8) is 0 Å². The van der Waals surface area contributed by atoms with E-state index < -0.39 is 18.0 Å². The highest BCUT2D eigenvalue weighted by Crippen LogP contribution is 2.46. The van der Waals surface area contributed by atoms with Gasteiger partial charge in [-0.1, -0.05) is 97.1 Å². The number of carbonyl (C=O) groups is 3. The van der Waals surface area contributed by atoms with Gasteiger partial charge in [-0.25, -0.2) is 0 Å². The third kappa shape index (κ3) is 4.52. The standard InChI is InChI=1S/C33H28N4O3/c1-21(32(39)36-35-28(38)20-22-12-4-2-5-13-22)37-31(24-16-8-9-17-25(24)33(37)40)29-26-18-10-11-19-27(26)34-30(29)23-14-6-3-7-15-23/h2-19,21,31,34H,20H2,1H3,(H,35,38)(H,36,39). The maximum atomic E-state index is 13.9. The Labute approximate surface area is 231 Å². The Kier molecular flexibility index (Phi) is 6.62. The summed E-state index contributed by atoms with van der Waals surface area (Å²) < 4.78 is 0. The van der Waals surface area contributed by atoms with E-state index in [0.717, 1.165) is 38.9 Å². The minimum absolute atomic E-state index is 0.127. The third-order valence-corrected chi connectivity index (χ3v) is 7.41. The van der Waals surface area contributed by atoms with Crippen molar-refractivity contribution in [3.05, 3.63) is 131 Å². The van der Waals surface area contributed by atoms with E-state index in [1.54, 1.807) is 17.9 Å². The molecule has 1 aliphatic rings. The largest absolute Gasteiger partial charge is 0.354 e. The molecule has 198 valence electrons. The molecule has 40 heavy (non-hydrogen) atoms. The van der Waals surface area contributed by atoms with Crippen LogP contribution in [0, 0.1) is 0 Å². The van der Waals surface area contributed by atoms with Gasteiger partial charge in [-0.05, 0) is 35.7 Å². The highest BCUT2D eigenvalue weighted by Gasteiger charge is 2.44. The second-order valence-electron chi connectivity index (χ2n) is 9.90. The monoisotopic (exact) mass is 528 g/mol. The lowest BCUT2D eigenvalue weighted by Gasteiger charge is -2.31. The van der Waals surface area contributed by atoms with Crippen molar-refractivity contribution >= 4 is 28.6 Å². The van der Waals surface area contributed by atoms with Gasteiger partial charge in [-0.15, -0.1) is 0 Å². The topological polar surface area (TPSA) is 94.3 Å². The van der Waals surface area contributed by atoms with E-state index in [1.165, 1.54) is 0 Å². The first-order valence-corrected chi connectivity index (χ1v) is 13.2. The number of nitrogens with zero attached hydrogens (tertiary/aromatic N) is 1. The first-order chi connectivity index (χ1) is 19.5. The summed E-state index contributed by atoms with van der Waals surface area (Å²) in [7, 11) is 0. The number of carbonyl (C=O) groups excluding carboxylic acids is 3. The SMILES string of the molecule is CC(C(=O)NNC(=O)Cc1ccccc1)N1C(=O)c2ccccc2C1c1c(-c2ccccc2)[nH]c2ccccc12. The molecule has 3 N–H and O–H groups in total. The fourth-order valence-corrected chi connectivity index (χ4v) is 5.50. The number of hydrazine groups is 1. The number of fused-ring (bicyclic) bond motifs is 2. The highest BCUT2D eigenvalue weighted by molar-refractivity contribution is 6.04. The first kappa shape index (κ1) is 25.1. The number of hydrogen-bond donors (Lipinski definition) is 3. The van der Waals surface area contributed by atoms with Crippen LogP contribution in [0.3, 0.4) is 0 Å². The number of nitrogens with one attached hydrogen (secondary N) is 3. The average Bonchev–Trinajstić information content (AvgIpc) is 3.51. The molecular formula is C33H28N4O3. The van der Waals surface area contributed by atoms with Gasteiger partial charge in [0, 0.05) is 22.0 Å². The smallest absolute Gasteiger partial charge is 0.260 e. The van der Waals surface area contributed by atoms with Crippen molar-refractivity contribution in [1.29, 1.82) is 0 Å². The summed E-state index contributed by atoms with van der Waals surface area (Å²) >= 11 is 0. The Hall–Kier alpha value is -5.17. The minimum Gasteiger partial charge on any atom is -0.354 e. The highest BCUT2D eigenvalue weighted by atomic mass is 16.2. The lowest BCUT2D eigenvalue weighted by molar-refractivity contribution is -0.131. The Morgan fingerprint density at radius 2 is 1.48 bits per heavy atom. The zero-order chi connectivity index (χ0) is 27.6. The Morgan fingerprint density at radius 1 is 0.825 bits per heavy atom. The summed E-state index contributed by atoms with van der Waals surface area (Å²) in [5.41, 5.74) is 11.0. The van der Waals surface area contributed by atoms with Gasteiger partial charge < -0.3 is 9.88 Å². The molecule has 1 aliphatic heterocycles. The normalized spacial score (nSPS) is 15.1. The van der Waals surface area contributed by atoms with Gasteiger partial charge in [0.05, 0.1) is 18.2 Å². The molecule has 0 spiro atoms. The average molecular weight is 529 g/mol. The van der Waals surface area contributed by atoms with Crippen LogP contribution in [0.4, 0.5) is 0 Å². The zero-order valence-corrected chi connectivity index (χ0v) is 21.9. The van der Waals surface area contributed by atoms with Gasteiger partial charge in [0.25, 0.3) is 11.8 Å². The van der Waals surface area contributed by atoms with Crippen molar-refractivity contribution in [1.82, 2.24) is 20.7 Å². The summed E-state index contributed by atoms with van der Waals surface area (Å²) in [6, 6.07) is 33.3. The molecule has 0 saturated carbocycles. The molecule has 2 atom stereocenters. The molecule has 4 aromatic carbocycles.